The van der Waals surface area contributed by atoms with Crippen LogP contribution in [0.5, 0.6) is 0 Å². The number of hydrogen-bond acceptors (Lipinski definition) is 7. The topological polar surface area (TPSA) is 127 Å². The van der Waals surface area contributed by atoms with Gasteiger partial charge in [-0.15, -0.1) is 11.8 Å². The second-order valence-electron chi connectivity index (χ2n) is 7.04. The number of rotatable bonds is 15. The zero-order valence-electron chi connectivity index (χ0n) is 18.6. The van der Waals surface area contributed by atoms with E-state index in [9.17, 15) is 14.4 Å². The first kappa shape index (κ1) is 25.9. The molecule has 1 heterocycles. The molecule has 0 saturated heterocycles. The van der Waals surface area contributed by atoms with Crippen LogP contribution in [0.4, 0.5) is 5.82 Å². The van der Waals surface area contributed by atoms with Gasteiger partial charge in [-0.3, -0.25) is 19.0 Å². The SMILES string of the molecule is CCC(C(=O)NCC(=O)CSCc1ccccc1)n1ccnc(NCCN/C=C\C=[N-])c1=O. The van der Waals surface area contributed by atoms with E-state index in [0.29, 0.717) is 25.3 Å². The number of thioether (sulfide) groups is 1. The van der Waals surface area contributed by atoms with Gasteiger partial charge in [-0.05, 0) is 18.2 Å². The fourth-order valence-corrected chi connectivity index (χ4v) is 3.82. The minimum atomic E-state index is -0.744. The first-order chi connectivity index (χ1) is 16.1. The van der Waals surface area contributed by atoms with E-state index in [0.717, 1.165) is 17.5 Å². The molecule has 33 heavy (non-hydrogen) atoms. The molecular formula is C23H29N6O3S-. The molecule has 0 radical (unpaired) electrons. The molecule has 1 amide bonds. The summed E-state index contributed by atoms with van der Waals surface area (Å²) in [6.07, 6.45) is 7.22. The molecule has 0 bridgehead atoms. The number of carbonyl (C=O) groups is 2. The Hall–Kier alpha value is -3.40. The second kappa shape index (κ2) is 14.6. The molecule has 1 aromatic carbocycles. The molecule has 0 aliphatic carbocycles. The predicted molar refractivity (Wildman–Crippen MR) is 134 cm³/mol. The maximum Gasteiger partial charge on any atom is 0.294 e. The van der Waals surface area contributed by atoms with E-state index < -0.39 is 11.6 Å². The highest BCUT2D eigenvalue weighted by atomic mass is 32.2. The highest BCUT2D eigenvalue weighted by Crippen LogP contribution is 2.12. The molecule has 2 rings (SSSR count). The molecule has 1 aromatic heterocycles. The summed E-state index contributed by atoms with van der Waals surface area (Å²) in [6.45, 7) is 2.64. The largest absolute Gasteiger partial charge is 0.811 e. The van der Waals surface area contributed by atoms with Gasteiger partial charge in [0.1, 0.15) is 6.04 Å². The lowest BCUT2D eigenvalue weighted by Crippen LogP contribution is -2.40. The monoisotopic (exact) mass is 469 g/mol. The van der Waals surface area contributed by atoms with Gasteiger partial charge in [0, 0.05) is 31.2 Å². The molecule has 9 nitrogen and oxygen atoms in total. The number of ketones is 1. The maximum absolute atomic E-state index is 12.8. The lowest BCUT2D eigenvalue weighted by Gasteiger charge is -2.18. The molecule has 1 atom stereocenters. The number of Topliss-reactive ketones (excluding diaryl/α,β-unsaturated/α-hetero) is 1. The normalized spacial score (nSPS) is 11.7. The number of allylic oxidation sites excluding steroid dienone is 1. The van der Waals surface area contributed by atoms with Gasteiger partial charge in [-0.2, -0.15) is 6.21 Å². The second-order valence-corrected chi connectivity index (χ2v) is 8.02. The summed E-state index contributed by atoms with van der Waals surface area (Å²) in [7, 11) is 0. The maximum atomic E-state index is 12.8. The first-order valence-corrected chi connectivity index (χ1v) is 11.8. The molecule has 0 aliphatic rings. The number of hydrogen-bond donors (Lipinski definition) is 3. The molecule has 1 unspecified atom stereocenters. The van der Waals surface area contributed by atoms with Gasteiger partial charge in [0.15, 0.2) is 11.6 Å². The van der Waals surface area contributed by atoms with E-state index in [4.69, 9.17) is 5.41 Å². The molecule has 176 valence electrons. The van der Waals surface area contributed by atoms with Crippen molar-refractivity contribution in [2.24, 2.45) is 0 Å². The highest BCUT2D eigenvalue weighted by molar-refractivity contribution is 7.99. The third-order valence-electron chi connectivity index (χ3n) is 4.59. The van der Waals surface area contributed by atoms with Gasteiger partial charge < -0.3 is 21.4 Å². The van der Waals surface area contributed by atoms with Crippen LogP contribution < -0.4 is 21.5 Å². The number of aromatic nitrogens is 2. The van der Waals surface area contributed by atoms with Crippen LogP contribution in [0.25, 0.3) is 5.41 Å². The number of nitrogens with one attached hydrogen (secondary N) is 3. The predicted octanol–water partition coefficient (Wildman–Crippen LogP) is 1.97. The number of carbonyl (C=O) groups excluding carboxylic acids is 2. The molecule has 0 saturated carbocycles. The number of anilines is 1. The fraction of sp³-hybridized carbons (Fsp3) is 0.348. The van der Waals surface area contributed by atoms with Crippen molar-refractivity contribution >= 4 is 35.5 Å². The Morgan fingerprint density at radius 1 is 1.24 bits per heavy atom. The van der Waals surface area contributed by atoms with Gasteiger partial charge in [-0.25, -0.2) is 4.98 Å². The molecule has 0 aliphatic heterocycles. The molecule has 0 spiro atoms. The van der Waals surface area contributed by atoms with Crippen molar-refractivity contribution in [3.05, 3.63) is 76.3 Å². The highest BCUT2D eigenvalue weighted by Gasteiger charge is 2.21. The van der Waals surface area contributed by atoms with Crippen LogP contribution in [0.15, 0.2) is 59.8 Å². The van der Waals surface area contributed by atoms with Crippen LogP contribution in [-0.4, -0.2) is 52.8 Å². The van der Waals surface area contributed by atoms with Gasteiger partial charge in [0.05, 0.1) is 12.3 Å². The average molecular weight is 470 g/mol. The zero-order valence-corrected chi connectivity index (χ0v) is 19.4. The van der Waals surface area contributed by atoms with E-state index in [2.05, 4.69) is 20.9 Å². The van der Waals surface area contributed by atoms with E-state index in [1.807, 2.05) is 30.3 Å². The summed E-state index contributed by atoms with van der Waals surface area (Å²) < 4.78 is 1.33. The van der Waals surface area contributed by atoms with Crippen molar-refractivity contribution < 1.29 is 9.59 Å². The lowest BCUT2D eigenvalue weighted by atomic mass is 10.2. The molecule has 2 aromatic rings. The Morgan fingerprint density at radius 3 is 2.76 bits per heavy atom. The van der Waals surface area contributed by atoms with Gasteiger partial charge >= 0.3 is 0 Å². The van der Waals surface area contributed by atoms with Crippen molar-refractivity contribution in [3.8, 4) is 0 Å². The smallest absolute Gasteiger partial charge is 0.294 e. The molecule has 3 N–H and O–H groups in total. The van der Waals surface area contributed by atoms with Gasteiger partial charge in [-0.1, -0.05) is 43.3 Å². The standard InChI is InChI=1S/C23H29N6O3S/c1-2-20(22(31)28-15-19(30)17-33-16-18-7-4-3-5-8-18)29-14-13-27-21(23(29)32)26-12-11-25-10-6-9-24/h3-10,13-14,20,25H,2,11-12,15-17H2,1H3,(H,26,27)(H,28,31)/q-1/b10-6-. The third kappa shape index (κ3) is 8.93. The van der Waals surface area contributed by atoms with Crippen molar-refractivity contribution in [2.75, 3.05) is 30.7 Å². The summed E-state index contributed by atoms with van der Waals surface area (Å²) in [5.74, 6) is 0.701. The summed E-state index contributed by atoms with van der Waals surface area (Å²) in [5, 5.41) is 17.1. The summed E-state index contributed by atoms with van der Waals surface area (Å²) >= 11 is 1.50. The molecular weight excluding hydrogens is 440 g/mol. The Labute approximate surface area is 197 Å². The Bertz CT molecular complexity index is 993. The Balaban J connectivity index is 1.85. The van der Waals surface area contributed by atoms with Crippen molar-refractivity contribution in [3.63, 3.8) is 0 Å². The van der Waals surface area contributed by atoms with Crippen LogP contribution in [0.3, 0.4) is 0 Å². The molecule has 0 fully saturated rings. The first-order valence-electron chi connectivity index (χ1n) is 10.6. The summed E-state index contributed by atoms with van der Waals surface area (Å²) in [5.41, 5.74) is 0.728. The van der Waals surface area contributed by atoms with Crippen molar-refractivity contribution in [1.29, 1.82) is 0 Å². The Kier molecular flexibility index (Phi) is 11.5. The minimum absolute atomic E-state index is 0.0769. The average Bonchev–Trinajstić information content (AvgIpc) is 2.83. The van der Waals surface area contributed by atoms with Gasteiger partial charge in [0.2, 0.25) is 5.91 Å². The lowest BCUT2D eigenvalue weighted by molar-refractivity contribution is -0.127. The minimum Gasteiger partial charge on any atom is -0.811 e. The number of amides is 1. The van der Waals surface area contributed by atoms with Gasteiger partial charge in [0.25, 0.3) is 5.56 Å². The van der Waals surface area contributed by atoms with E-state index in [1.165, 1.54) is 34.8 Å². The van der Waals surface area contributed by atoms with Crippen molar-refractivity contribution in [2.45, 2.75) is 25.1 Å². The van der Waals surface area contributed by atoms with E-state index in [1.54, 1.807) is 13.1 Å². The zero-order chi connectivity index (χ0) is 23.9. The van der Waals surface area contributed by atoms with Crippen molar-refractivity contribution in [1.82, 2.24) is 20.2 Å². The quantitative estimate of drug-likeness (QED) is 0.269. The summed E-state index contributed by atoms with van der Waals surface area (Å²) in [4.78, 5) is 41.7. The number of nitrogens with zero attached hydrogens (tertiary/aromatic N) is 3. The van der Waals surface area contributed by atoms with Crippen LogP contribution in [0, 0.1) is 0 Å². The van der Waals surface area contributed by atoms with E-state index >= 15 is 0 Å². The van der Waals surface area contributed by atoms with Crippen LogP contribution in [-0.2, 0) is 15.3 Å². The third-order valence-corrected chi connectivity index (χ3v) is 5.65. The van der Waals surface area contributed by atoms with Crippen LogP contribution in [0.2, 0.25) is 0 Å². The van der Waals surface area contributed by atoms with E-state index in [-0.39, 0.29) is 24.1 Å². The summed E-state index contributed by atoms with van der Waals surface area (Å²) in [6, 6.07) is 9.12. The Morgan fingerprint density at radius 2 is 2.03 bits per heavy atom. The number of benzene rings is 1. The molecule has 10 heteroatoms. The van der Waals surface area contributed by atoms with Crippen LogP contribution >= 0.6 is 11.8 Å². The fourth-order valence-electron chi connectivity index (χ4n) is 2.96. The van der Waals surface area contributed by atoms with Crippen LogP contribution in [0.1, 0.15) is 24.9 Å².